The van der Waals surface area contributed by atoms with E-state index in [1.807, 2.05) is 6.92 Å². The van der Waals surface area contributed by atoms with E-state index in [-0.39, 0.29) is 10.9 Å². The molecule has 0 aliphatic carbocycles. The van der Waals surface area contributed by atoms with Crippen molar-refractivity contribution in [2.45, 2.75) is 37.6 Å². The van der Waals surface area contributed by atoms with E-state index in [1.165, 1.54) is 6.20 Å². The van der Waals surface area contributed by atoms with Crippen LogP contribution in [0.5, 0.6) is 0 Å². The molecule has 0 aromatic carbocycles. The van der Waals surface area contributed by atoms with Crippen LogP contribution in [-0.4, -0.2) is 37.3 Å². The van der Waals surface area contributed by atoms with Gasteiger partial charge in [0.15, 0.2) is 0 Å². The molecule has 2 N–H and O–H groups in total. The van der Waals surface area contributed by atoms with E-state index < -0.39 is 10.0 Å². The molecule has 1 aromatic heterocycles. The second-order valence-electron chi connectivity index (χ2n) is 5.23. The summed E-state index contributed by atoms with van der Waals surface area (Å²) in [5.41, 5.74) is 0.654. The van der Waals surface area contributed by atoms with Gasteiger partial charge in [-0.3, -0.25) is 4.68 Å². The molecule has 1 fully saturated rings. The van der Waals surface area contributed by atoms with E-state index >= 15 is 0 Å². The van der Waals surface area contributed by atoms with Crippen molar-refractivity contribution in [3.05, 3.63) is 11.9 Å². The predicted octanol–water partition coefficient (Wildman–Crippen LogP) is 0.395. The minimum Gasteiger partial charge on any atom is -0.316 e. The van der Waals surface area contributed by atoms with Crippen molar-refractivity contribution in [1.29, 1.82) is 0 Å². The molecule has 1 aromatic rings. The summed E-state index contributed by atoms with van der Waals surface area (Å²) in [6, 6.07) is -0.0718. The van der Waals surface area contributed by atoms with Gasteiger partial charge in [-0.05, 0) is 45.7 Å². The highest BCUT2D eigenvalue weighted by molar-refractivity contribution is 7.89. The van der Waals surface area contributed by atoms with Gasteiger partial charge in [0.05, 0.1) is 11.9 Å². The monoisotopic (exact) mass is 286 g/mol. The molecule has 7 heteroatoms. The van der Waals surface area contributed by atoms with Gasteiger partial charge in [0, 0.05) is 13.1 Å². The standard InChI is InChI=1S/C12H22N4O2S/c1-9(11-5-4-6-13-7-11)15-19(17,18)12-8-14-16(3)10(12)2/h8-9,11,13,15H,4-7H2,1-3H3. The van der Waals surface area contributed by atoms with E-state index in [4.69, 9.17) is 0 Å². The lowest BCUT2D eigenvalue weighted by molar-refractivity contribution is 0.320. The van der Waals surface area contributed by atoms with E-state index in [2.05, 4.69) is 15.1 Å². The van der Waals surface area contributed by atoms with E-state index in [1.54, 1.807) is 18.7 Å². The number of piperidine rings is 1. The Morgan fingerprint density at radius 3 is 2.84 bits per heavy atom. The van der Waals surface area contributed by atoms with Crippen LogP contribution in [0.3, 0.4) is 0 Å². The van der Waals surface area contributed by atoms with Crippen LogP contribution < -0.4 is 10.0 Å². The van der Waals surface area contributed by atoms with Gasteiger partial charge in [-0.1, -0.05) is 0 Å². The number of nitrogens with zero attached hydrogens (tertiary/aromatic N) is 2. The maximum Gasteiger partial charge on any atom is 0.244 e. The van der Waals surface area contributed by atoms with Crippen LogP contribution in [0.2, 0.25) is 0 Å². The first-order chi connectivity index (χ1) is 8.92. The fraction of sp³-hybridized carbons (Fsp3) is 0.750. The lowest BCUT2D eigenvalue weighted by Gasteiger charge is -2.28. The number of rotatable bonds is 4. The Bertz CT molecular complexity index is 532. The number of nitrogens with one attached hydrogen (secondary N) is 2. The molecule has 0 amide bonds. The minimum absolute atomic E-state index is 0.0718. The third kappa shape index (κ3) is 3.16. The first kappa shape index (κ1) is 14.5. The van der Waals surface area contributed by atoms with E-state index in [9.17, 15) is 8.42 Å². The Balaban J connectivity index is 2.10. The predicted molar refractivity (Wildman–Crippen MR) is 73.3 cm³/mol. The zero-order valence-corrected chi connectivity index (χ0v) is 12.5. The third-order valence-corrected chi connectivity index (χ3v) is 5.52. The Morgan fingerprint density at radius 2 is 2.32 bits per heavy atom. The normalized spacial score (nSPS) is 22.4. The molecule has 0 spiro atoms. The number of hydrogen-bond acceptors (Lipinski definition) is 4. The zero-order valence-electron chi connectivity index (χ0n) is 11.7. The maximum atomic E-state index is 12.3. The van der Waals surface area contributed by atoms with Gasteiger partial charge in [-0.15, -0.1) is 0 Å². The molecular weight excluding hydrogens is 264 g/mol. The average Bonchev–Trinajstić information content (AvgIpc) is 2.71. The first-order valence-electron chi connectivity index (χ1n) is 6.63. The lowest BCUT2D eigenvalue weighted by atomic mass is 9.94. The molecule has 2 rings (SSSR count). The van der Waals surface area contributed by atoms with Crippen molar-refractivity contribution in [2.75, 3.05) is 13.1 Å². The topological polar surface area (TPSA) is 76.0 Å². The Labute approximate surface area is 114 Å². The van der Waals surface area contributed by atoms with Gasteiger partial charge in [-0.2, -0.15) is 5.10 Å². The van der Waals surface area contributed by atoms with Crippen molar-refractivity contribution in [1.82, 2.24) is 19.8 Å². The number of aryl methyl sites for hydroxylation is 1. The Morgan fingerprint density at radius 1 is 1.58 bits per heavy atom. The van der Waals surface area contributed by atoms with Crippen LogP contribution in [0.25, 0.3) is 0 Å². The van der Waals surface area contributed by atoms with Gasteiger partial charge < -0.3 is 5.32 Å². The molecule has 108 valence electrons. The number of aromatic nitrogens is 2. The Hall–Kier alpha value is -0.920. The van der Waals surface area contributed by atoms with Gasteiger partial charge >= 0.3 is 0 Å². The van der Waals surface area contributed by atoms with E-state index in [0.717, 1.165) is 25.9 Å². The number of sulfonamides is 1. The summed E-state index contributed by atoms with van der Waals surface area (Å²) in [6.07, 6.45) is 3.56. The van der Waals surface area contributed by atoms with Gasteiger partial charge in [0.2, 0.25) is 10.0 Å². The van der Waals surface area contributed by atoms with Gasteiger partial charge in [-0.25, -0.2) is 13.1 Å². The number of hydrogen-bond donors (Lipinski definition) is 2. The van der Waals surface area contributed by atoms with Crippen LogP contribution in [0.4, 0.5) is 0 Å². The molecule has 6 nitrogen and oxygen atoms in total. The summed E-state index contributed by atoms with van der Waals surface area (Å²) in [4.78, 5) is 0.269. The average molecular weight is 286 g/mol. The minimum atomic E-state index is -3.48. The van der Waals surface area contributed by atoms with Crippen molar-refractivity contribution in [3.8, 4) is 0 Å². The third-order valence-electron chi connectivity index (χ3n) is 3.86. The highest BCUT2D eigenvalue weighted by Gasteiger charge is 2.27. The van der Waals surface area contributed by atoms with Gasteiger partial charge in [0.25, 0.3) is 0 Å². The largest absolute Gasteiger partial charge is 0.316 e. The Kier molecular flexibility index (Phi) is 4.27. The fourth-order valence-electron chi connectivity index (χ4n) is 2.45. The van der Waals surface area contributed by atoms with Crippen molar-refractivity contribution >= 4 is 10.0 Å². The second-order valence-corrected chi connectivity index (χ2v) is 6.92. The van der Waals surface area contributed by atoms with Gasteiger partial charge in [0.1, 0.15) is 4.90 Å². The summed E-state index contributed by atoms with van der Waals surface area (Å²) < 4.78 is 29.0. The molecule has 1 saturated heterocycles. The molecule has 0 bridgehead atoms. The van der Waals surface area contributed by atoms with Crippen LogP contribution in [0.1, 0.15) is 25.5 Å². The highest BCUT2D eigenvalue weighted by Crippen LogP contribution is 2.18. The second kappa shape index (κ2) is 5.60. The summed E-state index contributed by atoms with van der Waals surface area (Å²) in [5, 5.41) is 7.29. The fourth-order valence-corrected chi connectivity index (χ4v) is 3.97. The molecule has 0 saturated carbocycles. The summed E-state index contributed by atoms with van der Waals surface area (Å²) in [7, 11) is -1.74. The smallest absolute Gasteiger partial charge is 0.244 e. The quantitative estimate of drug-likeness (QED) is 0.840. The lowest BCUT2D eigenvalue weighted by Crippen LogP contribution is -2.44. The molecule has 2 heterocycles. The summed E-state index contributed by atoms with van der Waals surface area (Å²) in [5.74, 6) is 0.348. The molecule has 2 unspecified atom stereocenters. The van der Waals surface area contributed by atoms with Crippen LogP contribution in [0, 0.1) is 12.8 Å². The van der Waals surface area contributed by atoms with Crippen LogP contribution in [-0.2, 0) is 17.1 Å². The van der Waals surface area contributed by atoms with Crippen molar-refractivity contribution in [3.63, 3.8) is 0 Å². The summed E-state index contributed by atoms with van der Waals surface area (Å²) >= 11 is 0. The van der Waals surface area contributed by atoms with Crippen molar-refractivity contribution in [2.24, 2.45) is 13.0 Å². The SMILES string of the molecule is Cc1c(S(=O)(=O)NC(C)C2CCCNC2)cnn1C. The van der Waals surface area contributed by atoms with E-state index in [0.29, 0.717) is 11.6 Å². The van der Waals surface area contributed by atoms with Crippen molar-refractivity contribution < 1.29 is 8.42 Å². The molecular formula is C12H22N4O2S. The van der Waals surface area contributed by atoms with Crippen LogP contribution >= 0.6 is 0 Å². The first-order valence-corrected chi connectivity index (χ1v) is 8.12. The molecule has 19 heavy (non-hydrogen) atoms. The maximum absolute atomic E-state index is 12.3. The molecule has 1 aliphatic rings. The molecule has 1 aliphatic heterocycles. The zero-order chi connectivity index (χ0) is 14.0. The molecule has 0 radical (unpaired) electrons. The van der Waals surface area contributed by atoms with Crippen LogP contribution in [0.15, 0.2) is 11.1 Å². The summed E-state index contributed by atoms with van der Waals surface area (Å²) in [6.45, 7) is 5.59. The highest BCUT2D eigenvalue weighted by atomic mass is 32.2. The molecule has 2 atom stereocenters.